The molecule has 1 heteroatoms. The quantitative estimate of drug-likeness (QED) is 0.781. The summed E-state index contributed by atoms with van der Waals surface area (Å²) in [5, 5.41) is 3.24. The van der Waals surface area contributed by atoms with E-state index in [1.807, 2.05) is 7.05 Å². The van der Waals surface area contributed by atoms with Crippen molar-refractivity contribution in [1.82, 2.24) is 0 Å². The summed E-state index contributed by atoms with van der Waals surface area (Å²) in [4.78, 5) is 0. The van der Waals surface area contributed by atoms with E-state index in [1.54, 1.807) is 0 Å². The van der Waals surface area contributed by atoms with Crippen LogP contribution < -0.4 is 5.32 Å². The topological polar surface area (TPSA) is 12.0 Å². The third-order valence-corrected chi connectivity index (χ3v) is 3.02. The van der Waals surface area contributed by atoms with Gasteiger partial charge in [0.2, 0.25) is 0 Å². The Morgan fingerprint density at radius 3 is 2.25 bits per heavy atom. The summed E-state index contributed by atoms with van der Waals surface area (Å²) in [5.74, 6) is 1.04. The molecule has 1 rings (SSSR count). The van der Waals surface area contributed by atoms with Crippen LogP contribution in [0.5, 0.6) is 0 Å². The lowest BCUT2D eigenvalue weighted by Gasteiger charge is -2.17. The Morgan fingerprint density at radius 1 is 1.19 bits per heavy atom. The molecule has 0 aliphatic rings. The van der Waals surface area contributed by atoms with E-state index >= 15 is 0 Å². The van der Waals surface area contributed by atoms with E-state index in [2.05, 4.69) is 57.8 Å². The van der Waals surface area contributed by atoms with Crippen LogP contribution in [0.2, 0.25) is 0 Å². The minimum Gasteiger partial charge on any atom is -0.388 e. The van der Waals surface area contributed by atoms with E-state index in [-0.39, 0.29) is 0 Å². The monoisotopic (exact) mass is 217 g/mol. The van der Waals surface area contributed by atoms with Crippen molar-refractivity contribution in [2.45, 2.75) is 33.6 Å². The van der Waals surface area contributed by atoms with Crippen molar-refractivity contribution in [3.8, 4) is 0 Å². The summed E-state index contributed by atoms with van der Waals surface area (Å²) >= 11 is 0. The van der Waals surface area contributed by atoms with Gasteiger partial charge in [0.25, 0.3) is 0 Å². The van der Waals surface area contributed by atoms with Gasteiger partial charge < -0.3 is 5.32 Å². The summed E-state index contributed by atoms with van der Waals surface area (Å²) in [7, 11) is 1.96. The average Bonchev–Trinajstić information content (AvgIpc) is 2.26. The molecule has 1 aromatic carbocycles. The first-order valence-electron chi connectivity index (χ1n) is 5.98. The van der Waals surface area contributed by atoms with Crippen LogP contribution in [0.1, 0.15) is 44.7 Å². The largest absolute Gasteiger partial charge is 0.388 e. The van der Waals surface area contributed by atoms with Gasteiger partial charge >= 0.3 is 0 Å². The lowest BCUT2D eigenvalue weighted by atomic mass is 9.91. The highest BCUT2D eigenvalue weighted by atomic mass is 14.8. The number of hydrogen-bond donors (Lipinski definition) is 1. The second-order valence-electron chi connectivity index (χ2n) is 4.89. The van der Waals surface area contributed by atoms with Crippen LogP contribution >= 0.6 is 0 Å². The van der Waals surface area contributed by atoms with Crippen molar-refractivity contribution in [3.63, 3.8) is 0 Å². The molecule has 0 saturated heterocycles. The molecule has 1 aromatic rings. The molecule has 0 saturated carbocycles. The van der Waals surface area contributed by atoms with E-state index in [9.17, 15) is 0 Å². The normalized spacial score (nSPS) is 10.9. The van der Waals surface area contributed by atoms with Gasteiger partial charge in [0.05, 0.1) is 0 Å². The van der Waals surface area contributed by atoms with Gasteiger partial charge in [0, 0.05) is 18.3 Å². The Hall–Kier alpha value is -1.24. The second-order valence-corrected chi connectivity index (χ2v) is 4.89. The summed E-state index contributed by atoms with van der Waals surface area (Å²) in [6.07, 6.45) is 0. The molecule has 0 aromatic heterocycles. The first kappa shape index (κ1) is 12.8. The zero-order valence-electron chi connectivity index (χ0n) is 11.1. The number of nitrogens with one attached hydrogen (secondary N) is 1. The molecule has 0 unspecified atom stereocenters. The van der Waals surface area contributed by atoms with Crippen molar-refractivity contribution in [2.75, 3.05) is 12.4 Å². The third-order valence-electron chi connectivity index (χ3n) is 3.02. The summed E-state index contributed by atoms with van der Waals surface area (Å²) in [5.41, 5.74) is 4.99. The lowest BCUT2D eigenvalue weighted by molar-refractivity contribution is 0.849. The minimum atomic E-state index is 0.481. The zero-order valence-corrected chi connectivity index (χ0v) is 11.1. The van der Waals surface area contributed by atoms with Crippen LogP contribution in [0.25, 0.3) is 5.57 Å². The van der Waals surface area contributed by atoms with E-state index in [4.69, 9.17) is 0 Å². The number of allylic oxidation sites excluding steroid dienone is 1. The second kappa shape index (κ2) is 5.20. The molecule has 1 N–H and O–H groups in total. The molecule has 0 aliphatic heterocycles. The molecule has 0 aliphatic carbocycles. The molecular weight excluding hydrogens is 194 g/mol. The molecule has 0 radical (unpaired) electrons. The van der Waals surface area contributed by atoms with Crippen LogP contribution in [0.4, 0.5) is 5.69 Å². The molecule has 1 nitrogen and oxygen atoms in total. The predicted octanol–water partition coefficient (Wildman–Crippen LogP) is 4.52. The van der Waals surface area contributed by atoms with Crippen molar-refractivity contribution in [1.29, 1.82) is 0 Å². The third kappa shape index (κ3) is 2.66. The van der Waals surface area contributed by atoms with E-state index < -0.39 is 0 Å². The number of benzene rings is 1. The van der Waals surface area contributed by atoms with Gasteiger partial charge in [-0.05, 0) is 35.1 Å². The van der Waals surface area contributed by atoms with Crippen LogP contribution in [0.3, 0.4) is 0 Å². The fraction of sp³-hybridized carbons (Fsp3) is 0.467. The molecule has 0 heterocycles. The smallest absolute Gasteiger partial charge is 0.0414 e. The Kier molecular flexibility index (Phi) is 4.17. The lowest BCUT2D eigenvalue weighted by Crippen LogP contribution is -2.00. The zero-order chi connectivity index (χ0) is 12.3. The van der Waals surface area contributed by atoms with Crippen LogP contribution in [0.15, 0.2) is 24.8 Å². The highest BCUT2D eigenvalue weighted by Crippen LogP contribution is 2.30. The highest BCUT2D eigenvalue weighted by molar-refractivity contribution is 5.76. The van der Waals surface area contributed by atoms with E-state index in [1.165, 1.54) is 22.4 Å². The maximum absolute atomic E-state index is 4.19. The van der Waals surface area contributed by atoms with Crippen LogP contribution in [0, 0.1) is 5.92 Å². The van der Waals surface area contributed by atoms with Crippen LogP contribution in [-0.2, 0) is 0 Å². The molecule has 0 fully saturated rings. The Balaban J connectivity index is 3.22. The van der Waals surface area contributed by atoms with Crippen molar-refractivity contribution < 1.29 is 0 Å². The molecule has 0 amide bonds. The Morgan fingerprint density at radius 2 is 1.81 bits per heavy atom. The van der Waals surface area contributed by atoms with Crippen molar-refractivity contribution in [3.05, 3.63) is 35.9 Å². The Labute approximate surface area is 99.6 Å². The Bertz CT molecular complexity index is 375. The van der Waals surface area contributed by atoms with Crippen molar-refractivity contribution >= 4 is 11.3 Å². The van der Waals surface area contributed by atoms with Gasteiger partial charge in [-0.1, -0.05) is 40.3 Å². The molecule has 0 atom stereocenters. The summed E-state index contributed by atoms with van der Waals surface area (Å²) < 4.78 is 0. The first-order chi connectivity index (χ1) is 7.47. The SMILES string of the molecule is C=C(c1cc(C(C)C)ccc1NC)C(C)C. The summed E-state index contributed by atoms with van der Waals surface area (Å²) in [6.45, 7) is 13.0. The molecule has 16 heavy (non-hydrogen) atoms. The predicted molar refractivity (Wildman–Crippen MR) is 73.9 cm³/mol. The fourth-order valence-electron chi connectivity index (χ4n) is 1.72. The average molecular weight is 217 g/mol. The number of rotatable bonds is 4. The summed E-state index contributed by atoms with van der Waals surface area (Å²) in [6, 6.07) is 6.60. The van der Waals surface area contributed by atoms with Gasteiger partial charge in [0.15, 0.2) is 0 Å². The van der Waals surface area contributed by atoms with Gasteiger partial charge in [-0.3, -0.25) is 0 Å². The van der Waals surface area contributed by atoms with E-state index in [0.717, 1.165) is 0 Å². The number of hydrogen-bond acceptors (Lipinski definition) is 1. The number of anilines is 1. The van der Waals surface area contributed by atoms with E-state index in [0.29, 0.717) is 11.8 Å². The van der Waals surface area contributed by atoms with Crippen LogP contribution in [-0.4, -0.2) is 7.05 Å². The maximum atomic E-state index is 4.19. The molecule has 88 valence electrons. The van der Waals surface area contributed by atoms with Gasteiger partial charge in [-0.15, -0.1) is 0 Å². The fourth-order valence-corrected chi connectivity index (χ4v) is 1.72. The maximum Gasteiger partial charge on any atom is 0.0414 e. The minimum absolute atomic E-state index is 0.481. The van der Waals surface area contributed by atoms with Crippen molar-refractivity contribution in [2.24, 2.45) is 5.92 Å². The molecule has 0 spiro atoms. The standard InChI is InChI=1S/C15H23N/c1-10(2)12(5)14-9-13(11(3)4)7-8-15(14)16-6/h7-11,16H,5H2,1-4,6H3. The molecule has 0 bridgehead atoms. The van der Waals surface area contributed by atoms with Gasteiger partial charge in [-0.2, -0.15) is 0 Å². The van der Waals surface area contributed by atoms with Gasteiger partial charge in [-0.25, -0.2) is 0 Å². The molecular formula is C15H23N. The first-order valence-corrected chi connectivity index (χ1v) is 5.98. The van der Waals surface area contributed by atoms with Gasteiger partial charge in [0.1, 0.15) is 0 Å². The highest BCUT2D eigenvalue weighted by Gasteiger charge is 2.10.